The third-order valence-electron chi connectivity index (χ3n) is 5.44. The molecule has 0 aromatic heterocycles. The van der Waals surface area contributed by atoms with Crippen molar-refractivity contribution in [1.29, 1.82) is 0 Å². The zero-order chi connectivity index (χ0) is 27.7. The molecule has 0 aliphatic carbocycles. The van der Waals surface area contributed by atoms with Gasteiger partial charge in [0, 0.05) is 0 Å². The number of alkyl halides is 8. The van der Waals surface area contributed by atoms with Crippen LogP contribution in [0.3, 0.4) is 0 Å². The highest BCUT2D eigenvalue weighted by Crippen LogP contribution is 2.43. The van der Waals surface area contributed by atoms with Crippen LogP contribution in [-0.2, 0) is 0 Å². The number of hydrogen-bond acceptors (Lipinski definition) is 0. The molecule has 8 heteroatoms. The number of halogens is 8. The van der Waals surface area contributed by atoms with Crippen molar-refractivity contribution in [2.45, 2.75) is 19.3 Å². The van der Waals surface area contributed by atoms with Crippen LogP contribution in [-0.4, -0.2) is 19.3 Å². The molecule has 0 spiro atoms. The average molecular weight is 666 g/mol. The molecule has 0 aliphatic heterocycles. The van der Waals surface area contributed by atoms with Gasteiger partial charge in [0.15, 0.2) is 0 Å². The lowest BCUT2D eigenvalue weighted by atomic mass is 9.86. The number of benzene rings is 5. The van der Waals surface area contributed by atoms with Gasteiger partial charge in [-0.2, -0.15) is 0 Å². The van der Waals surface area contributed by atoms with E-state index in [1.54, 1.807) is 0 Å². The molecular weight excluding hydrogens is 644 g/mol. The van der Waals surface area contributed by atoms with Gasteiger partial charge in [-0.25, -0.2) is 0 Å². The van der Waals surface area contributed by atoms with Gasteiger partial charge >= 0.3 is 0 Å². The van der Waals surface area contributed by atoms with Crippen molar-refractivity contribution in [3.8, 4) is 22.3 Å². The van der Waals surface area contributed by atoms with Gasteiger partial charge in [-0.3, -0.25) is 0 Å². The Morgan fingerprint density at radius 2 is 0.500 bits per heavy atom. The summed E-state index contributed by atoms with van der Waals surface area (Å²) < 4.78 is 0. The van der Waals surface area contributed by atoms with Crippen LogP contribution in [0.1, 0.15) is 0 Å². The van der Waals surface area contributed by atoms with E-state index < -0.39 is 19.3 Å². The first kappa shape index (κ1) is 31.5. The first-order valence-electron chi connectivity index (χ1n) is 11.4. The summed E-state index contributed by atoms with van der Waals surface area (Å²) in [6.07, 6.45) is 0. The van der Waals surface area contributed by atoms with E-state index >= 15 is 0 Å². The van der Waals surface area contributed by atoms with E-state index in [0.717, 1.165) is 0 Å². The smallest absolute Gasteiger partial charge is 0.102 e. The Morgan fingerprint density at radius 1 is 0.289 bits per heavy atom. The van der Waals surface area contributed by atoms with Crippen LogP contribution < -0.4 is 0 Å². The van der Waals surface area contributed by atoms with Crippen LogP contribution in [0.4, 0.5) is 0 Å². The quantitative estimate of drug-likeness (QED) is 0.132. The number of hydrogen-bond donors (Lipinski definition) is 0. The number of fused-ring (bicyclic) bond motifs is 2. The van der Waals surface area contributed by atoms with E-state index in [2.05, 4.69) is 109 Å². The van der Waals surface area contributed by atoms with Crippen molar-refractivity contribution in [1.82, 2.24) is 0 Å². The lowest BCUT2D eigenvalue weighted by Gasteiger charge is -2.17. The summed E-state index contributed by atoms with van der Waals surface area (Å²) in [4.78, 5) is -2.69. The van der Waals surface area contributed by atoms with Crippen LogP contribution in [0.15, 0.2) is 109 Å². The third-order valence-corrected chi connectivity index (χ3v) is 8.48. The highest BCUT2D eigenvalue weighted by Gasteiger charge is 2.15. The molecule has 5 rings (SSSR count). The first-order valence-corrected chi connectivity index (χ1v) is 14.9. The molecule has 0 saturated carbocycles. The first-order chi connectivity index (χ1) is 18.2. The van der Waals surface area contributed by atoms with Gasteiger partial charge in [0.2, 0.25) is 0 Å². The van der Waals surface area contributed by atoms with Crippen molar-refractivity contribution >= 4 is 114 Å². The fourth-order valence-corrected chi connectivity index (χ4v) is 3.96. The van der Waals surface area contributed by atoms with Crippen molar-refractivity contribution in [3.63, 3.8) is 0 Å². The van der Waals surface area contributed by atoms with Gasteiger partial charge in [0.25, 0.3) is 0 Å². The van der Waals surface area contributed by atoms with E-state index in [0.29, 0.717) is 0 Å². The van der Waals surface area contributed by atoms with E-state index in [1.807, 2.05) is 0 Å². The van der Waals surface area contributed by atoms with Gasteiger partial charge in [-0.05, 0) is 43.8 Å². The molecule has 0 N–H and O–H groups in total. The highest BCUT2D eigenvalue weighted by atomic mass is 35.5. The predicted molar refractivity (Wildman–Crippen MR) is 174 cm³/mol. The minimum atomic E-state index is -0.673. The maximum Gasteiger partial charge on any atom is 0.137 e. The molecule has 0 amide bonds. The molecule has 0 bridgehead atoms. The fraction of sp³-hybridized carbons (Fsp3) is 0.133. The van der Waals surface area contributed by atoms with Gasteiger partial charge in [-0.1, -0.05) is 109 Å². The molecule has 5 aromatic rings. The van der Waals surface area contributed by atoms with Crippen LogP contribution in [0.25, 0.3) is 43.8 Å². The summed E-state index contributed by atoms with van der Waals surface area (Å²) in [5.41, 5.74) is 5.16. The predicted octanol–water partition coefficient (Wildman–Crippen LogP) is 12.5. The van der Waals surface area contributed by atoms with E-state index in [4.69, 9.17) is 92.8 Å². The monoisotopic (exact) mass is 662 g/mol. The molecule has 0 heterocycles. The summed E-state index contributed by atoms with van der Waals surface area (Å²) in [6.45, 7) is 0. The second-order valence-electron chi connectivity index (χ2n) is 7.91. The Labute approximate surface area is 263 Å². The van der Waals surface area contributed by atoms with Gasteiger partial charge < -0.3 is 0 Å². The van der Waals surface area contributed by atoms with Crippen LogP contribution in [0.5, 0.6) is 0 Å². The van der Waals surface area contributed by atoms with Gasteiger partial charge in [-0.15, -0.1) is 92.8 Å². The summed E-state index contributed by atoms with van der Waals surface area (Å²) in [5, 5.41) is 5.21. The molecule has 0 aliphatic rings. The van der Waals surface area contributed by atoms with E-state index in [1.165, 1.54) is 43.8 Å². The van der Waals surface area contributed by atoms with Crippen molar-refractivity contribution in [2.75, 3.05) is 0 Å². The minimum absolute atomic E-state index is 0.673. The summed E-state index contributed by atoms with van der Waals surface area (Å²) in [6, 6.07) is 39.0. The van der Waals surface area contributed by atoms with Crippen LogP contribution in [0.2, 0.25) is 0 Å². The summed E-state index contributed by atoms with van der Waals surface area (Å²) in [5.74, 6) is 0. The maximum atomic E-state index is 5.11. The lowest BCUT2D eigenvalue weighted by molar-refractivity contribution is 1.29. The Morgan fingerprint density at radius 3 is 0.711 bits per heavy atom. The molecule has 5 aromatic carbocycles. The summed E-state index contributed by atoms with van der Waals surface area (Å²) >= 11 is 40.9. The van der Waals surface area contributed by atoms with Gasteiger partial charge in [0.1, 0.15) is 19.3 Å². The molecule has 0 atom stereocenters. The Balaban J connectivity index is 0.000000281. The van der Waals surface area contributed by atoms with Crippen molar-refractivity contribution < 1.29 is 0 Å². The number of rotatable bonds is 4. The largest absolute Gasteiger partial charge is 0.137 e. The zero-order valence-electron chi connectivity index (χ0n) is 19.7. The summed E-state index contributed by atoms with van der Waals surface area (Å²) in [7, 11) is 0. The second kappa shape index (κ2) is 15.7. The SMILES string of the molecule is ClC(Cl)C(Cl)Cl.ClC(Cl)C(Cl)Cl.c1ccc(-c2c3ccccc3c(-c3ccccc3)c3ccccc23)cc1. The molecule has 0 fully saturated rings. The maximum absolute atomic E-state index is 5.11. The van der Waals surface area contributed by atoms with E-state index in [-0.39, 0.29) is 0 Å². The normalized spacial score (nSPS) is 11.1. The Kier molecular flexibility index (Phi) is 13.0. The molecule has 0 saturated heterocycles. The Bertz CT molecular complexity index is 1240. The lowest BCUT2D eigenvalue weighted by Crippen LogP contribution is -1.96. The van der Waals surface area contributed by atoms with Crippen molar-refractivity contribution in [3.05, 3.63) is 109 Å². The highest BCUT2D eigenvalue weighted by molar-refractivity contribution is 6.57. The zero-order valence-corrected chi connectivity index (χ0v) is 25.8. The van der Waals surface area contributed by atoms with Gasteiger partial charge in [0.05, 0.1) is 0 Å². The van der Waals surface area contributed by atoms with Crippen LogP contribution in [0, 0.1) is 0 Å². The molecule has 0 nitrogen and oxygen atoms in total. The second-order valence-corrected chi connectivity index (χ2v) is 12.6. The van der Waals surface area contributed by atoms with E-state index in [9.17, 15) is 0 Å². The minimum Gasteiger partial charge on any atom is -0.102 e. The molecule has 38 heavy (non-hydrogen) atoms. The average Bonchev–Trinajstić information content (AvgIpc) is 2.93. The molecule has 198 valence electrons. The third kappa shape index (κ3) is 8.47. The topological polar surface area (TPSA) is 0 Å². The van der Waals surface area contributed by atoms with Crippen molar-refractivity contribution in [2.24, 2.45) is 0 Å². The standard InChI is InChI=1S/C26H18.2C2H2Cl4/c1-3-11-19(12-4-1)25-21-15-7-9-17-23(21)26(20-13-5-2-6-14-20)24-18-10-8-16-22(24)25;2*3-1(4)2(5)6/h1-18H;2*1-2H. The molecule has 0 unspecified atom stereocenters. The molecular formula is C30H22Cl8. The van der Waals surface area contributed by atoms with Crippen LogP contribution >= 0.6 is 92.8 Å². The Hall–Kier alpha value is -1.06. The fourth-order valence-electron chi connectivity index (χ4n) is 3.96. The molecule has 0 radical (unpaired) electrons.